The van der Waals surface area contributed by atoms with Gasteiger partial charge in [-0.2, -0.15) is 0 Å². The van der Waals surface area contributed by atoms with Crippen LogP contribution in [-0.4, -0.2) is 23.5 Å². The fourth-order valence-corrected chi connectivity index (χ4v) is 4.09. The van der Waals surface area contributed by atoms with Gasteiger partial charge in [-0.25, -0.2) is 14.2 Å². The predicted molar refractivity (Wildman–Crippen MR) is 103 cm³/mol. The molecule has 5 nitrogen and oxygen atoms in total. The molecule has 27 heavy (non-hydrogen) atoms. The SMILES string of the molecule is Cc1nc(-c2ccc(F)cc2)sc1C(=O)OCC(=O)N[C@@H](C)c1cccs1. The van der Waals surface area contributed by atoms with Gasteiger partial charge in [0.05, 0.1) is 11.7 Å². The highest BCUT2D eigenvalue weighted by Crippen LogP contribution is 2.28. The number of hydrogen-bond donors (Lipinski definition) is 1. The molecule has 3 rings (SSSR count). The Hall–Kier alpha value is -2.58. The number of nitrogens with zero attached hydrogens (tertiary/aromatic N) is 1. The fourth-order valence-electron chi connectivity index (χ4n) is 2.39. The van der Waals surface area contributed by atoms with Gasteiger partial charge in [0.25, 0.3) is 5.91 Å². The van der Waals surface area contributed by atoms with E-state index in [1.165, 1.54) is 12.1 Å². The van der Waals surface area contributed by atoms with Crippen LogP contribution in [0.2, 0.25) is 0 Å². The van der Waals surface area contributed by atoms with Crippen LogP contribution in [0, 0.1) is 12.7 Å². The van der Waals surface area contributed by atoms with Gasteiger partial charge in [0.15, 0.2) is 6.61 Å². The largest absolute Gasteiger partial charge is 0.451 e. The van der Waals surface area contributed by atoms with Crippen LogP contribution >= 0.6 is 22.7 Å². The minimum Gasteiger partial charge on any atom is -0.451 e. The van der Waals surface area contributed by atoms with Crippen LogP contribution < -0.4 is 5.32 Å². The molecule has 0 fully saturated rings. The van der Waals surface area contributed by atoms with Gasteiger partial charge in [-0.3, -0.25) is 4.79 Å². The van der Waals surface area contributed by atoms with Crippen LogP contribution in [-0.2, 0) is 9.53 Å². The van der Waals surface area contributed by atoms with E-state index in [9.17, 15) is 14.0 Å². The second-order valence-corrected chi connectivity index (χ2v) is 7.80. The maximum absolute atomic E-state index is 13.0. The zero-order valence-corrected chi connectivity index (χ0v) is 16.3. The maximum atomic E-state index is 13.0. The van der Waals surface area contributed by atoms with Crippen LogP contribution in [0.4, 0.5) is 4.39 Å². The second kappa shape index (κ2) is 8.41. The van der Waals surface area contributed by atoms with E-state index in [1.54, 1.807) is 30.4 Å². The van der Waals surface area contributed by atoms with Gasteiger partial charge in [0, 0.05) is 10.4 Å². The van der Waals surface area contributed by atoms with Crippen molar-refractivity contribution in [2.75, 3.05) is 6.61 Å². The van der Waals surface area contributed by atoms with Gasteiger partial charge in [0.2, 0.25) is 0 Å². The normalized spacial score (nSPS) is 11.8. The minimum absolute atomic E-state index is 0.147. The van der Waals surface area contributed by atoms with Gasteiger partial charge in [-0.1, -0.05) is 6.07 Å². The van der Waals surface area contributed by atoms with Crippen LogP contribution in [0.15, 0.2) is 41.8 Å². The molecule has 2 aromatic heterocycles. The van der Waals surface area contributed by atoms with Crippen molar-refractivity contribution in [3.8, 4) is 10.6 Å². The summed E-state index contributed by atoms with van der Waals surface area (Å²) in [5.74, 6) is -1.31. The summed E-state index contributed by atoms with van der Waals surface area (Å²) < 4.78 is 18.2. The van der Waals surface area contributed by atoms with Gasteiger partial charge in [0.1, 0.15) is 15.7 Å². The Morgan fingerprint density at radius 1 is 1.26 bits per heavy atom. The summed E-state index contributed by atoms with van der Waals surface area (Å²) in [5, 5.41) is 5.31. The lowest BCUT2D eigenvalue weighted by atomic mass is 10.2. The molecule has 0 spiro atoms. The Morgan fingerprint density at radius 2 is 2.00 bits per heavy atom. The average molecular weight is 404 g/mol. The molecular weight excluding hydrogens is 387 g/mol. The van der Waals surface area contributed by atoms with Crippen molar-refractivity contribution in [1.29, 1.82) is 0 Å². The molecule has 1 aromatic carbocycles. The van der Waals surface area contributed by atoms with E-state index in [0.29, 0.717) is 21.1 Å². The number of carbonyl (C=O) groups is 2. The number of aryl methyl sites for hydroxylation is 1. The monoisotopic (exact) mass is 404 g/mol. The number of hydrogen-bond acceptors (Lipinski definition) is 6. The molecule has 0 unspecified atom stereocenters. The molecule has 0 bridgehead atoms. The molecule has 1 atom stereocenters. The summed E-state index contributed by atoms with van der Waals surface area (Å²) in [6.45, 7) is 3.20. The Balaban J connectivity index is 1.59. The summed E-state index contributed by atoms with van der Waals surface area (Å²) >= 11 is 2.70. The van der Waals surface area contributed by atoms with Gasteiger partial charge < -0.3 is 10.1 Å². The van der Waals surface area contributed by atoms with Gasteiger partial charge in [-0.15, -0.1) is 22.7 Å². The van der Waals surface area contributed by atoms with Crippen molar-refractivity contribution in [3.63, 3.8) is 0 Å². The number of thiazole rings is 1. The molecule has 0 saturated heterocycles. The van der Waals surface area contributed by atoms with Crippen molar-refractivity contribution in [3.05, 3.63) is 63.0 Å². The van der Waals surface area contributed by atoms with E-state index in [4.69, 9.17) is 4.74 Å². The lowest BCUT2D eigenvalue weighted by molar-refractivity contribution is -0.124. The summed E-state index contributed by atoms with van der Waals surface area (Å²) in [6.07, 6.45) is 0. The Labute approximate surface area is 163 Å². The number of benzene rings is 1. The van der Waals surface area contributed by atoms with Gasteiger partial charge in [-0.05, 0) is 49.6 Å². The van der Waals surface area contributed by atoms with Gasteiger partial charge >= 0.3 is 5.97 Å². The van der Waals surface area contributed by atoms with E-state index in [0.717, 1.165) is 16.2 Å². The number of nitrogens with one attached hydrogen (secondary N) is 1. The number of thiophene rings is 1. The second-order valence-electron chi connectivity index (χ2n) is 5.82. The van der Waals surface area contributed by atoms with Crippen LogP contribution in [0.5, 0.6) is 0 Å². The number of ether oxygens (including phenoxy) is 1. The molecule has 1 N–H and O–H groups in total. The first-order chi connectivity index (χ1) is 12.9. The van der Waals surface area contributed by atoms with Crippen molar-refractivity contribution >= 4 is 34.6 Å². The lowest BCUT2D eigenvalue weighted by Crippen LogP contribution is -2.30. The standard InChI is InChI=1S/C19H17FN2O3S2/c1-11(15-4-3-9-26-15)21-16(23)10-25-19(24)17-12(2)22-18(27-17)13-5-7-14(20)8-6-13/h3-9,11H,10H2,1-2H3,(H,21,23)/t11-/m0/s1. The number of aromatic nitrogens is 1. The Kier molecular flexibility index (Phi) is 5.98. The number of rotatable bonds is 6. The fraction of sp³-hybridized carbons (Fsp3) is 0.211. The zero-order valence-electron chi connectivity index (χ0n) is 14.7. The lowest BCUT2D eigenvalue weighted by Gasteiger charge is -2.12. The van der Waals surface area contributed by atoms with Crippen molar-refractivity contribution in [2.45, 2.75) is 19.9 Å². The smallest absolute Gasteiger partial charge is 0.350 e. The topological polar surface area (TPSA) is 68.3 Å². The molecule has 0 radical (unpaired) electrons. The summed E-state index contributed by atoms with van der Waals surface area (Å²) in [4.78, 5) is 30.0. The van der Waals surface area contributed by atoms with Crippen LogP contribution in [0.25, 0.3) is 10.6 Å². The molecule has 140 valence electrons. The highest BCUT2D eigenvalue weighted by molar-refractivity contribution is 7.17. The third kappa shape index (κ3) is 4.78. The van der Waals surface area contributed by atoms with E-state index < -0.39 is 5.97 Å². The quantitative estimate of drug-likeness (QED) is 0.620. The van der Waals surface area contributed by atoms with E-state index in [2.05, 4.69) is 10.3 Å². The molecule has 8 heteroatoms. The number of halogens is 1. The van der Waals surface area contributed by atoms with Crippen LogP contribution in [0.1, 0.15) is 33.2 Å². The molecular formula is C19H17FN2O3S2. The zero-order chi connectivity index (χ0) is 19.4. The third-order valence-corrected chi connectivity index (χ3v) is 6.00. The molecule has 1 amide bonds. The Bertz CT molecular complexity index is 937. The molecule has 0 aliphatic rings. The molecule has 3 aromatic rings. The molecule has 0 aliphatic carbocycles. The first-order valence-corrected chi connectivity index (χ1v) is 9.87. The predicted octanol–water partition coefficient (Wildman–Crippen LogP) is 4.35. The number of carbonyl (C=O) groups excluding carboxylic acids is 2. The highest BCUT2D eigenvalue weighted by Gasteiger charge is 2.19. The summed E-state index contributed by atoms with van der Waals surface area (Å²) in [6, 6.07) is 9.57. The maximum Gasteiger partial charge on any atom is 0.350 e. The van der Waals surface area contributed by atoms with E-state index in [-0.39, 0.29) is 24.4 Å². The summed E-state index contributed by atoms with van der Waals surface area (Å²) in [5.41, 5.74) is 1.22. The average Bonchev–Trinajstić information content (AvgIpc) is 3.30. The first kappa shape index (κ1) is 19.2. The number of esters is 1. The third-order valence-electron chi connectivity index (χ3n) is 3.75. The van der Waals surface area contributed by atoms with Crippen LogP contribution in [0.3, 0.4) is 0 Å². The minimum atomic E-state index is -0.600. The first-order valence-electron chi connectivity index (χ1n) is 8.17. The summed E-state index contributed by atoms with van der Waals surface area (Å²) in [7, 11) is 0. The van der Waals surface area contributed by atoms with E-state index in [1.807, 2.05) is 24.4 Å². The van der Waals surface area contributed by atoms with Crippen molar-refractivity contribution < 1.29 is 18.7 Å². The molecule has 2 heterocycles. The van der Waals surface area contributed by atoms with Crippen molar-refractivity contribution in [1.82, 2.24) is 10.3 Å². The number of amides is 1. The molecule has 0 aliphatic heterocycles. The Morgan fingerprint density at radius 3 is 2.67 bits per heavy atom. The van der Waals surface area contributed by atoms with Crippen molar-refractivity contribution in [2.24, 2.45) is 0 Å². The van der Waals surface area contributed by atoms with E-state index >= 15 is 0 Å². The highest BCUT2D eigenvalue weighted by atomic mass is 32.1. The molecule has 0 saturated carbocycles.